The van der Waals surface area contributed by atoms with Crippen molar-refractivity contribution in [3.63, 3.8) is 0 Å². The summed E-state index contributed by atoms with van der Waals surface area (Å²) in [5.41, 5.74) is 0.698. The molecule has 3 rings (SSSR count). The molecule has 0 bridgehead atoms. The van der Waals surface area contributed by atoms with E-state index in [0.717, 1.165) is 4.68 Å². The van der Waals surface area contributed by atoms with Crippen LogP contribution in [0.1, 0.15) is 24.1 Å². The summed E-state index contributed by atoms with van der Waals surface area (Å²) in [5.74, 6) is 1.36. The predicted octanol–water partition coefficient (Wildman–Crippen LogP) is 3.98. The van der Waals surface area contributed by atoms with Gasteiger partial charge in [0.05, 0.1) is 26.5 Å². The van der Waals surface area contributed by atoms with Crippen molar-refractivity contribution in [1.82, 2.24) is 9.78 Å². The highest BCUT2D eigenvalue weighted by molar-refractivity contribution is 5.85. The summed E-state index contributed by atoms with van der Waals surface area (Å²) in [7, 11) is 3.00. The standard InChI is InChI=1S/C15H16F3N3O2.ClH/c1-22-11-4-3-9(7-12(11)23-2)10-8-13(15(16,17)18)21-14(20-10)5-6-19-21;/h3-7,10,13,20H,8H2,1-2H3;1H/t10-,13+;/m0./s1. The van der Waals surface area contributed by atoms with Crippen LogP contribution in [0.4, 0.5) is 19.0 Å². The highest BCUT2D eigenvalue weighted by Gasteiger charge is 2.46. The highest BCUT2D eigenvalue weighted by Crippen LogP contribution is 2.44. The number of halogens is 4. The van der Waals surface area contributed by atoms with Crippen LogP contribution in [0.2, 0.25) is 0 Å². The number of rotatable bonds is 3. The van der Waals surface area contributed by atoms with Gasteiger partial charge in [0, 0.05) is 12.5 Å². The van der Waals surface area contributed by atoms with Crippen LogP contribution in [-0.2, 0) is 0 Å². The second-order valence-electron chi connectivity index (χ2n) is 5.27. The molecule has 1 aromatic carbocycles. The zero-order valence-corrected chi connectivity index (χ0v) is 13.8. The molecule has 0 fully saturated rings. The molecule has 0 saturated heterocycles. The van der Waals surface area contributed by atoms with Gasteiger partial charge in [-0.2, -0.15) is 18.3 Å². The summed E-state index contributed by atoms with van der Waals surface area (Å²) >= 11 is 0. The first kappa shape index (κ1) is 18.3. The first-order chi connectivity index (χ1) is 10.9. The van der Waals surface area contributed by atoms with Crippen molar-refractivity contribution in [3.05, 3.63) is 36.0 Å². The van der Waals surface area contributed by atoms with E-state index in [1.165, 1.54) is 26.5 Å². The average Bonchev–Trinajstić information content (AvgIpc) is 3.00. The highest BCUT2D eigenvalue weighted by atomic mass is 35.5. The van der Waals surface area contributed by atoms with Crippen LogP contribution in [0, 0.1) is 0 Å². The Morgan fingerprint density at radius 1 is 1.17 bits per heavy atom. The number of alkyl halides is 3. The Bertz CT molecular complexity index is 706. The maximum absolute atomic E-state index is 13.3. The van der Waals surface area contributed by atoms with E-state index in [1.807, 2.05) is 0 Å². The zero-order chi connectivity index (χ0) is 16.6. The fraction of sp³-hybridized carbons (Fsp3) is 0.400. The monoisotopic (exact) mass is 363 g/mol. The Morgan fingerprint density at radius 2 is 1.88 bits per heavy atom. The second kappa shape index (κ2) is 6.80. The molecule has 0 aliphatic carbocycles. The van der Waals surface area contributed by atoms with E-state index in [9.17, 15) is 13.2 Å². The van der Waals surface area contributed by atoms with Crippen LogP contribution in [0.3, 0.4) is 0 Å². The third-order valence-corrected chi connectivity index (χ3v) is 3.93. The number of hydrogen-bond donors (Lipinski definition) is 1. The van der Waals surface area contributed by atoms with Gasteiger partial charge in [-0.3, -0.25) is 0 Å². The molecule has 0 radical (unpaired) electrons. The van der Waals surface area contributed by atoms with Gasteiger partial charge < -0.3 is 14.8 Å². The fourth-order valence-corrected chi connectivity index (χ4v) is 2.80. The number of anilines is 1. The predicted molar refractivity (Wildman–Crippen MR) is 85.1 cm³/mol. The zero-order valence-electron chi connectivity index (χ0n) is 13.0. The molecule has 1 N–H and O–H groups in total. The van der Waals surface area contributed by atoms with Crippen molar-refractivity contribution >= 4 is 18.2 Å². The first-order valence-corrected chi connectivity index (χ1v) is 7.02. The third kappa shape index (κ3) is 3.24. The molecule has 132 valence electrons. The van der Waals surface area contributed by atoms with Crippen molar-refractivity contribution in [1.29, 1.82) is 0 Å². The van der Waals surface area contributed by atoms with Gasteiger partial charge in [0.2, 0.25) is 0 Å². The smallest absolute Gasteiger partial charge is 0.410 e. The minimum absolute atomic E-state index is 0. The molecule has 5 nitrogen and oxygen atoms in total. The largest absolute Gasteiger partial charge is 0.493 e. The normalized spacial score (nSPS) is 19.7. The number of nitrogens with zero attached hydrogens (tertiary/aromatic N) is 2. The lowest BCUT2D eigenvalue weighted by Crippen LogP contribution is -2.35. The summed E-state index contributed by atoms with van der Waals surface area (Å²) in [6.07, 6.45) is -3.15. The molecule has 24 heavy (non-hydrogen) atoms. The van der Waals surface area contributed by atoms with E-state index in [1.54, 1.807) is 18.2 Å². The third-order valence-electron chi connectivity index (χ3n) is 3.93. The summed E-state index contributed by atoms with van der Waals surface area (Å²) in [6, 6.07) is 4.49. The summed E-state index contributed by atoms with van der Waals surface area (Å²) in [6.45, 7) is 0. The van der Waals surface area contributed by atoms with Crippen LogP contribution in [0.15, 0.2) is 30.5 Å². The van der Waals surface area contributed by atoms with E-state index < -0.39 is 18.3 Å². The molecule has 0 spiro atoms. The molecule has 0 unspecified atom stereocenters. The van der Waals surface area contributed by atoms with E-state index in [0.29, 0.717) is 22.9 Å². The Kier molecular flexibility index (Phi) is 5.17. The first-order valence-electron chi connectivity index (χ1n) is 7.02. The van der Waals surface area contributed by atoms with E-state index in [2.05, 4.69) is 10.4 Å². The van der Waals surface area contributed by atoms with Crippen molar-refractivity contribution in [2.45, 2.75) is 24.7 Å². The van der Waals surface area contributed by atoms with Crippen molar-refractivity contribution in [2.75, 3.05) is 19.5 Å². The Balaban J connectivity index is 0.00000208. The van der Waals surface area contributed by atoms with Gasteiger partial charge in [-0.15, -0.1) is 12.4 Å². The molecule has 2 heterocycles. The molecular weight excluding hydrogens is 347 g/mol. The number of hydrogen-bond acceptors (Lipinski definition) is 4. The van der Waals surface area contributed by atoms with Crippen LogP contribution in [0.25, 0.3) is 0 Å². The van der Waals surface area contributed by atoms with Gasteiger partial charge >= 0.3 is 6.18 Å². The van der Waals surface area contributed by atoms with Crippen molar-refractivity contribution < 1.29 is 22.6 Å². The molecular formula is C15H17ClF3N3O2. The van der Waals surface area contributed by atoms with Gasteiger partial charge in [-0.05, 0) is 17.7 Å². The number of fused-ring (bicyclic) bond motifs is 1. The minimum atomic E-state index is -4.36. The molecule has 0 amide bonds. The number of methoxy groups -OCH3 is 2. The maximum atomic E-state index is 13.3. The molecule has 0 saturated carbocycles. The van der Waals surface area contributed by atoms with E-state index in [-0.39, 0.29) is 18.8 Å². The molecule has 2 atom stereocenters. The Hall–Kier alpha value is -2.09. The van der Waals surface area contributed by atoms with Crippen LogP contribution < -0.4 is 14.8 Å². The van der Waals surface area contributed by atoms with Crippen molar-refractivity contribution in [2.24, 2.45) is 0 Å². The Labute approximate surface area is 143 Å². The molecule has 9 heteroatoms. The fourth-order valence-electron chi connectivity index (χ4n) is 2.80. The number of ether oxygens (including phenoxy) is 2. The van der Waals surface area contributed by atoms with Gasteiger partial charge in [0.25, 0.3) is 0 Å². The van der Waals surface area contributed by atoms with Gasteiger partial charge in [0.15, 0.2) is 17.5 Å². The van der Waals surface area contributed by atoms with Gasteiger partial charge in [-0.1, -0.05) is 6.07 Å². The molecule has 1 aliphatic rings. The summed E-state index contributed by atoms with van der Waals surface area (Å²) < 4.78 is 51.3. The number of aromatic nitrogens is 2. The lowest BCUT2D eigenvalue weighted by molar-refractivity contribution is -0.173. The van der Waals surface area contributed by atoms with Crippen LogP contribution in [0.5, 0.6) is 11.5 Å². The average molecular weight is 364 g/mol. The number of nitrogens with one attached hydrogen (secondary N) is 1. The van der Waals surface area contributed by atoms with E-state index in [4.69, 9.17) is 9.47 Å². The second-order valence-corrected chi connectivity index (χ2v) is 5.27. The van der Waals surface area contributed by atoms with Crippen LogP contribution >= 0.6 is 12.4 Å². The minimum Gasteiger partial charge on any atom is -0.493 e. The quantitative estimate of drug-likeness (QED) is 0.896. The summed E-state index contributed by atoms with van der Waals surface area (Å²) in [4.78, 5) is 0. The Morgan fingerprint density at radius 3 is 2.50 bits per heavy atom. The van der Waals surface area contributed by atoms with E-state index >= 15 is 0 Å². The van der Waals surface area contributed by atoms with Gasteiger partial charge in [-0.25, -0.2) is 4.68 Å². The van der Waals surface area contributed by atoms with Crippen LogP contribution in [-0.4, -0.2) is 30.2 Å². The summed E-state index contributed by atoms with van der Waals surface area (Å²) in [5, 5.41) is 6.87. The molecule has 1 aliphatic heterocycles. The molecule has 1 aromatic heterocycles. The topological polar surface area (TPSA) is 48.3 Å². The lowest BCUT2D eigenvalue weighted by Gasteiger charge is -2.33. The maximum Gasteiger partial charge on any atom is 0.410 e. The number of benzene rings is 1. The SMILES string of the molecule is COc1ccc([C@@H]2C[C@H](C(F)(F)F)n3nccc3N2)cc1OC.Cl. The van der Waals surface area contributed by atoms with Gasteiger partial charge in [0.1, 0.15) is 5.82 Å². The lowest BCUT2D eigenvalue weighted by atomic mass is 9.96. The molecule has 2 aromatic rings. The van der Waals surface area contributed by atoms with Crippen molar-refractivity contribution in [3.8, 4) is 11.5 Å².